The van der Waals surface area contributed by atoms with Crippen LogP contribution in [-0.4, -0.2) is 66.4 Å². The summed E-state index contributed by atoms with van der Waals surface area (Å²) < 4.78 is 12.1. The largest absolute Gasteiger partial charge is 0.492 e. The van der Waals surface area contributed by atoms with Gasteiger partial charge in [0.1, 0.15) is 24.7 Å². The molecule has 5 nitrogen and oxygen atoms in total. The third kappa shape index (κ3) is 7.20. The van der Waals surface area contributed by atoms with Crippen LogP contribution in [0.2, 0.25) is 0 Å². The Bertz CT molecular complexity index is 896. The van der Waals surface area contributed by atoms with Crippen molar-refractivity contribution in [2.75, 3.05) is 45.9 Å². The van der Waals surface area contributed by atoms with Gasteiger partial charge in [-0.3, -0.25) is 9.80 Å². The Labute approximate surface area is 199 Å². The van der Waals surface area contributed by atoms with Crippen molar-refractivity contribution in [2.45, 2.75) is 58.1 Å². The highest BCUT2D eigenvalue weighted by atomic mass is 16.5. The molecule has 33 heavy (non-hydrogen) atoms. The van der Waals surface area contributed by atoms with Gasteiger partial charge in [-0.2, -0.15) is 0 Å². The average Bonchev–Trinajstić information content (AvgIpc) is 3.24. The normalized spacial score (nSPS) is 22.3. The SMILES string of the molecule is Cc1ccc(OC[C@]2(O)CCCN(Cc3cccc(OCCN4CCCC4)c3)CC2)c(C)c1. The summed E-state index contributed by atoms with van der Waals surface area (Å²) in [6, 6.07) is 14.7. The van der Waals surface area contributed by atoms with E-state index in [-0.39, 0.29) is 0 Å². The molecule has 0 spiro atoms. The van der Waals surface area contributed by atoms with E-state index in [4.69, 9.17) is 9.47 Å². The predicted molar refractivity (Wildman–Crippen MR) is 133 cm³/mol. The lowest BCUT2D eigenvalue weighted by molar-refractivity contribution is -0.0170. The molecule has 5 heteroatoms. The Morgan fingerprint density at radius 1 is 0.879 bits per heavy atom. The highest BCUT2D eigenvalue weighted by Crippen LogP contribution is 2.27. The second kappa shape index (κ2) is 11.4. The van der Waals surface area contributed by atoms with Crippen LogP contribution in [0.15, 0.2) is 42.5 Å². The van der Waals surface area contributed by atoms with Gasteiger partial charge in [-0.25, -0.2) is 0 Å². The van der Waals surface area contributed by atoms with Crippen LogP contribution in [0.4, 0.5) is 0 Å². The molecule has 0 aliphatic carbocycles. The van der Waals surface area contributed by atoms with Gasteiger partial charge in [-0.05, 0) is 94.9 Å². The molecule has 4 rings (SSSR count). The zero-order chi connectivity index (χ0) is 23.1. The Balaban J connectivity index is 1.25. The van der Waals surface area contributed by atoms with Gasteiger partial charge in [0.2, 0.25) is 0 Å². The number of aryl methyl sites for hydroxylation is 2. The van der Waals surface area contributed by atoms with Crippen molar-refractivity contribution in [1.82, 2.24) is 9.80 Å². The summed E-state index contributed by atoms with van der Waals surface area (Å²) in [6.45, 7) is 11.4. The van der Waals surface area contributed by atoms with Gasteiger partial charge in [0, 0.05) is 19.6 Å². The number of ether oxygens (including phenoxy) is 2. The lowest BCUT2D eigenvalue weighted by Crippen LogP contribution is -2.37. The van der Waals surface area contributed by atoms with Crippen molar-refractivity contribution in [1.29, 1.82) is 0 Å². The molecule has 1 N–H and O–H groups in total. The van der Waals surface area contributed by atoms with E-state index in [0.29, 0.717) is 6.61 Å². The number of rotatable bonds is 9. The minimum Gasteiger partial charge on any atom is -0.492 e. The molecule has 0 radical (unpaired) electrons. The number of aliphatic hydroxyl groups is 1. The molecule has 0 bridgehead atoms. The fourth-order valence-corrected chi connectivity index (χ4v) is 5.00. The second-order valence-corrected chi connectivity index (χ2v) is 9.96. The first-order valence-electron chi connectivity index (χ1n) is 12.6. The number of hydrogen-bond acceptors (Lipinski definition) is 5. The monoisotopic (exact) mass is 452 g/mol. The second-order valence-electron chi connectivity index (χ2n) is 9.96. The molecule has 0 aromatic heterocycles. The molecular formula is C28H40N2O3. The standard InChI is InChI=1S/C28H40N2O3/c1-23-9-10-27(24(2)19-23)33-22-28(31)11-6-15-30(16-12-28)21-25-7-5-8-26(20-25)32-18-17-29-13-3-4-14-29/h5,7-10,19-20,31H,3-4,6,11-18,21-22H2,1-2H3/t28-/m0/s1. The number of likely N-dealkylation sites (tertiary alicyclic amines) is 2. The average molecular weight is 453 g/mol. The summed E-state index contributed by atoms with van der Waals surface area (Å²) in [6.07, 6.45) is 5.10. The Morgan fingerprint density at radius 2 is 1.70 bits per heavy atom. The number of benzene rings is 2. The van der Waals surface area contributed by atoms with Crippen LogP contribution in [-0.2, 0) is 6.54 Å². The van der Waals surface area contributed by atoms with Gasteiger partial charge >= 0.3 is 0 Å². The Morgan fingerprint density at radius 3 is 2.52 bits per heavy atom. The zero-order valence-corrected chi connectivity index (χ0v) is 20.4. The van der Waals surface area contributed by atoms with E-state index in [0.717, 1.165) is 69.1 Å². The molecule has 2 aliphatic rings. The van der Waals surface area contributed by atoms with Crippen LogP contribution in [0.3, 0.4) is 0 Å². The molecule has 0 saturated carbocycles. The van der Waals surface area contributed by atoms with Crippen molar-refractivity contribution >= 4 is 0 Å². The number of nitrogens with zero attached hydrogens (tertiary/aromatic N) is 2. The summed E-state index contributed by atoms with van der Waals surface area (Å²) >= 11 is 0. The molecule has 0 amide bonds. The highest BCUT2D eigenvalue weighted by molar-refractivity contribution is 5.35. The Hall–Kier alpha value is -2.08. The van der Waals surface area contributed by atoms with Crippen LogP contribution >= 0.6 is 0 Å². The molecule has 2 aromatic carbocycles. The van der Waals surface area contributed by atoms with Crippen LogP contribution in [0.5, 0.6) is 11.5 Å². The maximum atomic E-state index is 11.2. The van der Waals surface area contributed by atoms with E-state index in [1.54, 1.807) is 0 Å². The van der Waals surface area contributed by atoms with Gasteiger partial charge in [-0.15, -0.1) is 0 Å². The van der Waals surface area contributed by atoms with Crippen molar-refractivity contribution < 1.29 is 14.6 Å². The quantitative estimate of drug-likeness (QED) is 0.604. The number of hydrogen-bond donors (Lipinski definition) is 1. The summed E-state index contributed by atoms with van der Waals surface area (Å²) in [5, 5.41) is 11.2. The third-order valence-electron chi connectivity index (χ3n) is 7.02. The topological polar surface area (TPSA) is 45.2 Å². The van der Waals surface area contributed by atoms with E-state index < -0.39 is 5.60 Å². The molecule has 2 saturated heterocycles. The first-order chi connectivity index (χ1) is 16.0. The van der Waals surface area contributed by atoms with E-state index >= 15 is 0 Å². The molecule has 2 heterocycles. The zero-order valence-electron chi connectivity index (χ0n) is 20.4. The molecular weight excluding hydrogens is 412 g/mol. The minimum absolute atomic E-state index is 0.352. The van der Waals surface area contributed by atoms with Crippen LogP contribution in [0, 0.1) is 13.8 Å². The fourth-order valence-electron chi connectivity index (χ4n) is 5.00. The first kappa shape index (κ1) is 24.1. The molecule has 180 valence electrons. The van der Waals surface area contributed by atoms with Gasteiger partial charge in [-0.1, -0.05) is 29.8 Å². The Kier molecular flexibility index (Phi) is 8.29. The van der Waals surface area contributed by atoms with Crippen LogP contribution < -0.4 is 9.47 Å². The van der Waals surface area contributed by atoms with E-state index in [9.17, 15) is 5.11 Å². The first-order valence-corrected chi connectivity index (χ1v) is 12.6. The summed E-state index contributed by atoms with van der Waals surface area (Å²) in [5.74, 6) is 1.83. The lowest BCUT2D eigenvalue weighted by atomic mass is 9.96. The van der Waals surface area contributed by atoms with Gasteiger partial charge in [0.25, 0.3) is 0 Å². The fraction of sp³-hybridized carbons (Fsp3) is 0.571. The highest BCUT2D eigenvalue weighted by Gasteiger charge is 2.31. The van der Waals surface area contributed by atoms with Crippen molar-refractivity contribution in [3.8, 4) is 11.5 Å². The van der Waals surface area contributed by atoms with Gasteiger partial charge < -0.3 is 14.6 Å². The van der Waals surface area contributed by atoms with Crippen molar-refractivity contribution in [2.24, 2.45) is 0 Å². The molecule has 2 aliphatic heterocycles. The maximum absolute atomic E-state index is 11.2. The summed E-state index contributed by atoms with van der Waals surface area (Å²) in [5.41, 5.74) is 2.85. The smallest absolute Gasteiger partial charge is 0.122 e. The minimum atomic E-state index is -0.771. The maximum Gasteiger partial charge on any atom is 0.122 e. The van der Waals surface area contributed by atoms with Gasteiger partial charge in [0.05, 0.1) is 5.60 Å². The van der Waals surface area contributed by atoms with E-state index in [2.05, 4.69) is 60.0 Å². The van der Waals surface area contributed by atoms with E-state index in [1.165, 1.54) is 37.1 Å². The van der Waals surface area contributed by atoms with E-state index in [1.807, 2.05) is 6.07 Å². The van der Waals surface area contributed by atoms with Crippen LogP contribution in [0.1, 0.15) is 48.8 Å². The van der Waals surface area contributed by atoms with Gasteiger partial charge in [0.15, 0.2) is 0 Å². The molecule has 1 atom stereocenters. The molecule has 2 aromatic rings. The lowest BCUT2D eigenvalue weighted by Gasteiger charge is -2.27. The third-order valence-corrected chi connectivity index (χ3v) is 7.02. The molecule has 2 fully saturated rings. The summed E-state index contributed by atoms with van der Waals surface area (Å²) in [7, 11) is 0. The van der Waals surface area contributed by atoms with Crippen LogP contribution in [0.25, 0.3) is 0 Å². The predicted octanol–water partition coefficient (Wildman–Crippen LogP) is 4.57. The summed E-state index contributed by atoms with van der Waals surface area (Å²) in [4.78, 5) is 4.92. The molecule has 0 unspecified atom stereocenters. The van der Waals surface area contributed by atoms with Crippen molar-refractivity contribution in [3.05, 3.63) is 59.2 Å². The van der Waals surface area contributed by atoms with Crippen molar-refractivity contribution in [3.63, 3.8) is 0 Å².